The highest BCUT2D eigenvalue weighted by molar-refractivity contribution is 9.10. The molecule has 1 aromatic carbocycles. The van der Waals surface area contributed by atoms with Crippen molar-refractivity contribution < 1.29 is 9.53 Å². The molecule has 0 saturated carbocycles. The van der Waals surface area contributed by atoms with Crippen LogP contribution in [-0.4, -0.2) is 11.6 Å². The zero-order valence-electron chi connectivity index (χ0n) is 11.9. The molecule has 21 heavy (non-hydrogen) atoms. The van der Waals surface area contributed by atoms with Crippen LogP contribution in [0.3, 0.4) is 0 Å². The van der Waals surface area contributed by atoms with E-state index in [2.05, 4.69) is 15.9 Å². The summed E-state index contributed by atoms with van der Waals surface area (Å²) in [4.78, 5) is 13.4. The maximum Gasteiger partial charge on any atom is 0.350 e. The standard InChI is InChI=1S/C15H15BrClNO2S/c1-15(2,3)20-14(19)13-11(18)7-12(21-13)8-4-5-10(17)9(16)6-8/h4-7H,18H2,1-3H3. The van der Waals surface area contributed by atoms with Crippen LogP contribution in [0.5, 0.6) is 0 Å². The average molecular weight is 389 g/mol. The first-order chi connectivity index (χ1) is 9.67. The molecule has 0 aliphatic heterocycles. The van der Waals surface area contributed by atoms with Gasteiger partial charge in [-0.3, -0.25) is 0 Å². The monoisotopic (exact) mass is 387 g/mol. The van der Waals surface area contributed by atoms with Gasteiger partial charge in [0.1, 0.15) is 10.5 Å². The second-order valence-electron chi connectivity index (χ2n) is 5.53. The Hall–Kier alpha value is -1.04. The lowest BCUT2D eigenvalue weighted by Gasteiger charge is -2.18. The highest BCUT2D eigenvalue weighted by Gasteiger charge is 2.22. The summed E-state index contributed by atoms with van der Waals surface area (Å²) in [5, 5.41) is 0.635. The molecule has 0 unspecified atom stereocenters. The van der Waals surface area contributed by atoms with Crippen molar-refractivity contribution in [2.45, 2.75) is 26.4 Å². The third-order valence-corrected chi connectivity index (χ3v) is 4.94. The molecule has 0 amide bonds. The van der Waals surface area contributed by atoms with Gasteiger partial charge in [0.05, 0.1) is 10.7 Å². The van der Waals surface area contributed by atoms with E-state index in [4.69, 9.17) is 22.1 Å². The van der Waals surface area contributed by atoms with Gasteiger partial charge in [0, 0.05) is 9.35 Å². The lowest BCUT2D eigenvalue weighted by molar-refractivity contribution is 0.00764. The van der Waals surface area contributed by atoms with E-state index in [1.165, 1.54) is 11.3 Å². The van der Waals surface area contributed by atoms with Crippen LogP contribution in [0.25, 0.3) is 10.4 Å². The summed E-state index contributed by atoms with van der Waals surface area (Å²) in [6.45, 7) is 5.48. The molecule has 6 heteroatoms. The smallest absolute Gasteiger partial charge is 0.350 e. The fraction of sp³-hybridized carbons (Fsp3) is 0.267. The Labute approximate surface area is 141 Å². The Morgan fingerprint density at radius 1 is 1.33 bits per heavy atom. The van der Waals surface area contributed by atoms with Gasteiger partial charge in [-0.1, -0.05) is 17.7 Å². The fourth-order valence-corrected chi connectivity index (χ4v) is 3.13. The Morgan fingerprint density at radius 3 is 2.57 bits per heavy atom. The van der Waals surface area contributed by atoms with Crippen molar-refractivity contribution in [1.82, 2.24) is 0 Å². The van der Waals surface area contributed by atoms with Crippen LogP contribution in [0, 0.1) is 0 Å². The summed E-state index contributed by atoms with van der Waals surface area (Å²) >= 11 is 10.7. The quantitative estimate of drug-likeness (QED) is 0.704. The maximum absolute atomic E-state index is 12.1. The number of rotatable bonds is 2. The summed E-state index contributed by atoms with van der Waals surface area (Å²) in [6.07, 6.45) is 0. The Bertz CT molecular complexity index is 691. The molecular formula is C15H15BrClNO2S. The van der Waals surface area contributed by atoms with Crippen molar-refractivity contribution in [1.29, 1.82) is 0 Å². The van der Waals surface area contributed by atoms with Crippen LogP contribution in [-0.2, 0) is 4.74 Å². The van der Waals surface area contributed by atoms with E-state index < -0.39 is 11.6 Å². The number of carbonyl (C=O) groups is 1. The molecule has 1 aromatic heterocycles. The number of carbonyl (C=O) groups excluding carboxylic acids is 1. The summed E-state index contributed by atoms with van der Waals surface area (Å²) in [5.74, 6) is -0.399. The third kappa shape index (κ3) is 3.99. The van der Waals surface area contributed by atoms with Gasteiger partial charge in [-0.05, 0) is 60.5 Å². The molecule has 0 bridgehead atoms. The minimum atomic E-state index is -0.545. The van der Waals surface area contributed by atoms with E-state index in [0.29, 0.717) is 15.6 Å². The number of esters is 1. The molecular weight excluding hydrogens is 374 g/mol. The van der Waals surface area contributed by atoms with Gasteiger partial charge in [-0.2, -0.15) is 0 Å². The van der Waals surface area contributed by atoms with Gasteiger partial charge < -0.3 is 10.5 Å². The van der Waals surface area contributed by atoms with Gasteiger partial charge >= 0.3 is 5.97 Å². The van der Waals surface area contributed by atoms with Crippen molar-refractivity contribution in [3.8, 4) is 10.4 Å². The molecule has 3 nitrogen and oxygen atoms in total. The molecule has 0 radical (unpaired) electrons. The number of hydrogen-bond acceptors (Lipinski definition) is 4. The molecule has 0 spiro atoms. The number of anilines is 1. The molecule has 112 valence electrons. The fourth-order valence-electron chi connectivity index (χ4n) is 1.68. The Morgan fingerprint density at radius 2 is 2.00 bits per heavy atom. The van der Waals surface area contributed by atoms with Crippen LogP contribution in [0.4, 0.5) is 5.69 Å². The van der Waals surface area contributed by atoms with Gasteiger partial charge in [0.15, 0.2) is 0 Å². The van der Waals surface area contributed by atoms with Crippen LogP contribution in [0.15, 0.2) is 28.7 Å². The number of hydrogen-bond donors (Lipinski definition) is 1. The van der Waals surface area contributed by atoms with Crippen molar-refractivity contribution in [2.75, 3.05) is 5.73 Å². The molecule has 0 aliphatic carbocycles. The van der Waals surface area contributed by atoms with Gasteiger partial charge in [0.25, 0.3) is 0 Å². The number of thiophene rings is 1. The number of nitrogen functional groups attached to an aromatic ring is 1. The number of nitrogens with two attached hydrogens (primary N) is 1. The van der Waals surface area contributed by atoms with Crippen LogP contribution in [0.2, 0.25) is 5.02 Å². The van der Waals surface area contributed by atoms with Crippen molar-refractivity contribution in [3.63, 3.8) is 0 Å². The molecule has 0 saturated heterocycles. The zero-order chi connectivity index (χ0) is 15.8. The average Bonchev–Trinajstić information content (AvgIpc) is 2.73. The van der Waals surface area contributed by atoms with Crippen LogP contribution in [0.1, 0.15) is 30.4 Å². The summed E-state index contributed by atoms with van der Waals surface area (Å²) in [5.41, 5.74) is 6.76. The normalized spacial score (nSPS) is 11.5. The molecule has 0 atom stereocenters. The highest BCUT2D eigenvalue weighted by atomic mass is 79.9. The minimum Gasteiger partial charge on any atom is -0.456 e. The molecule has 1 heterocycles. The van der Waals surface area contributed by atoms with Gasteiger partial charge in [-0.15, -0.1) is 11.3 Å². The number of ether oxygens (including phenoxy) is 1. The van der Waals surface area contributed by atoms with Crippen molar-refractivity contribution >= 4 is 50.5 Å². The number of benzene rings is 1. The second kappa shape index (κ2) is 5.99. The van der Waals surface area contributed by atoms with E-state index in [9.17, 15) is 4.79 Å². The lowest BCUT2D eigenvalue weighted by atomic mass is 10.2. The van der Waals surface area contributed by atoms with Crippen molar-refractivity contribution in [3.05, 3.63) is 38.6 Å². The Kier molecular flexibility index (Phi) is 4.66. The van der Waals surface area contributed by atoms with E-state index in [-0.39, 0.29) is 0 Å². The summed E-state index contributed by atoms with van der Waals surface area (Å²) < 4.78 is 6.16. The van der Waals surface area contributed by atoms with Crippen LogP contribution < -0.4 is 5.73 Å². The maximum atomic E-state index is 12.1. The Balaban J connectivity index is 2.34. The van der Waals surface area contributed by atoms with Gasteiger partial charge in [-0.25, -0.2) is 4.79 Å². The van der Waals surface area contributed by atoms with E-state index in [0.717, 1.165) is 14.9 Å². The largest absolute Gasteiger partial charge is 0.456 e. The first-order valence-electron chi connectivity index (χ1n) is 6.25. The van der Waals surface area contributed by atoms with E-state index in [1.54, 1.807) is 12.1 Å². The zero-order valence-corrected chi connectivity index (χ0v) is 15.0. The topological polar surface area (TPSA) is 52.3 Å². The third-order valence-electron chi connectivity index (χ3n) is 2.55. The SMILES string of the molecule is CC(C)(C)OC(=O)c1sc(-c2ccc(Cl)c(Br)c2)cc1N. The summed E-state index contributed by atoms with van der Waals surface area (Å²) in [7, 11) is 0. The second-order valence-corrected chi connectivity index (χ2v) is 7.84. The van der Waals surface area contributed by atoms with Gasteiger partial charge in [0.2, 0.25) is 0 Å². The molecule has 0 aliphatic rings. The highest BCUT2D eigenvalue weighted by Crippen LogP contribution is 2.36. The molecule has 2 aromatic rings. The van der Waals surface area contributed by atoms with E-state index >= 15 is 0 Å². The predicted molar refractivity (Wildman–Crippen MR) is 92.0 cm³/mol. The first-order valence-corrected chi connectivity index (χ1v) is 8.24. The first kappa shape index (κ1) is 16.3. The number of halogens is 2. The summed E-state index contributed by atoms with van der Waals surface area (Å²) in [6, 6.07) is 7.35. The molecule has 2 rings (SSSR count). The van der Waals surface area contributed by atoms with Crippen LogP contribution >= 0.6 is 38.9 Å². The predicted octanol–water partition coefficient (Wildman–Crippen LogP) is 5.37. The molecule has 0 fully saturated rings. The lowest BCUT2D eigenvalue weighted by Crippen LogP contribution is -2.23. The minimum absolute atomic E-state index is 0.399. The molecule has 2 N–H and O–H groups in total. The van der Waals surface area contributed by atoms with E-state index in [1.807, 2.05) is 32.9 Å². The van der Waals surface area contributed by atoms with Crippen molar-refractivity contribution in [2.24, 2.45) is 0 Å².